The maximum absolute atomic E-state index is 13.1. The normalized spacial score (nSPS) is 11.2. The van der Waals surface area contributed by atoms with Crippen LogP contribution in [-0.4, -0.2) is 14.3 Å². The van der Waals surface area contributed by atoms with Gasteiger partial charge < -0.3 is 5.32 Å². The summed E-state index contributed by atoms with van der Waals surface area (Å²) in [6.07, 6.45) is 0. The number of halogens is 1. The van der Waals surface area contributed by atoms with Gasteiger partial charge in [-0.2, -0.15) is 0 Å². The van der Waals surface area contributed by atoms with Gasteiger partial charge in [-0.3, -0.25) is 9.52 Å². The van der Waals surface area contributed by atoms with Crippen LogP contribution < -0.4 is 10.0 Å². The summed E-state index contributed by atoms with van der Waals surface area (Å²) in [4.78, 5) is 12.6. The number of anilines is 2. The Hall–Kier alpha value is -3.71. The number of carbonyl (C=O) groups excluding carboxylic acids is 1. The highest BCUT2D eigenvalue weighted by Crippen LogP contribution is 2.28. The van der Waals surface area contributed by atoms with E-state index < -0.39 is 15.8 Å². The lowest BCUT2D eigenvalue weighted by Crippen LogP contribution is -2.14. The number of amides is 1. The van der Waals surface area contributed by atoms with Crippen molar-refractivity contribution in [2.45, 2.75) is 4.90 Å². The van der Waals surface area contributed by atoms with Crippen LogP contribution in [0.4, 0.5) is 15.8 Å². The third kappa shape index (κ3) is 4.16. The molecule has 0 aliphatic heterocycles. The van der Waals surface area contributed by atoms with E-state index in [9.17, 15) is 17.6 Å². The van der Waals surface area contributed by atoms with Crippen molar-refractivity contribution in [2.24, 2.45) is 0 Å². The first-order valence-corrected chi connectivity index (χ1v) is 10.6. The van der Waals surface area contributed by atoms with E-state index in [0.717, 1.165) is 5.39 Å². The molecular formula is C23H17FN2O3S. The van der Waals surface area contributed by atoms with Gasteiger partial charge >= 0.3 is 0 Å². The van der Waals surface area contributed by atoms with E-state index in [0.29, 0.717) is 16.6 Å². The highest BCUT2D eigenvalue weighted by Gasteiger charge is 2.16. The quantitative estimate of drug-likeness (QED) is 0.475. The van der Waals surface area contributed by atoms with E-state index in [4.69, 9.17) is 0 Å². The summed E-state index contributed by atoms with van der Waals surface area (Å²) < 4.78 is 41.1. The van der Waals surface area contributed by atoms with Crippen molar-refractivity contribution < 1.29 is 17.6 Å². The van der Waals surface area contributed by atoms with Gasteiger partial charge in [-0.15, -0.1) is 0 Å². The fourth-order valence-corrected chi connectivity index (χ4v) is 4.13. The number of hydrogen-bond acceptors (Lipinski definition) is 3. The van der Waals surface area contributed by atoms with Crippen molar-refractivity contribution in [3.05, 3.63) is 102 Å². The lowest BCUT2D eigenvalue weighted by Gasteiger charge is -2.12. The molecule has 0 heterocycles. The molecule has 30 heavy (non-hydrogen) atoms. The largest absolute Gasteiger partial charge is 0.321 e. The van der Waals surface area contributed by atoms with Crippen molar-refractivity contribution in [3.63, 3.8) is 0 Å². The average Bonchev–Trinajstić information content (AvgIpc) is 2.76. The Bertz CT molecular complexity index is 1320. The molecule has 4 aromatic carbocycles. The summed E-state index contributed by atoms with van der Waals surface area (Å²) in [7, 11) is -3.90. The summed E-state index contributed by atoms with van der Waals surface area (Å²) in [5.74, 6) is -0.747. The molecule has 4 rings (SSSR count). The van der Waals surface area contributed by atoms with Crippen molar-refractivity contribution in [1.29, 1.82) is 0 Å². The fraction of sp³-hybridized carbons (Fsp3) is 0. The van der Waals surface area contributed by atoms with Gasteiger partial charge in [0.2, 0.25) is 0 Å². The minimum atomic E-state index is -3.90. The van der Waals surface area contributed by atoms with E-state index in [1.807, 2.05) is 12.1 Å². The fourth-order valence-electron chi connectivity index (χ4n) is 3.04. The Labute approximate surface area is 173 Å². The second kappa shape index (κ2) is 7.96. The molecule has 0 aromatic heterocycles. The van der Waals surface area contributed by atoms with E-state index in [1.165, 1.54) is 36.4 Å². The van der Waals surface area contributed by atoms with Crippen LogP contribution in [0.3, 0.4) is 0 Å². The number of fused-ring (bicyclic) bond motifs is 1. The van der Waals surface area contributed by atoms with Crippen LogP contribution in [0.2, 0.25) is 0 Å². The zero-order valence-corrected chi connectivity index (χ0v) is 16.5. The van der Waals surface area contributed by atoms with E-state index in [1.54, 1.807) is 42.5 Å². The SMILES string of the molecule is O=C(Nc1cccc2ccc(S(=O)(=O)Nc3ccc(F)cc3)cc12)c1ccccc1. The Morgan fingerprint density at radius 2 is 1.53 bits per heavy atom. The number of hydrogen-bond donors (Lipinski definition) is 2. The molecule has 0 unspecified atom stereocenters. The topological polar surface area (TPSA) is 75.3 Å². The number of rotatable bonds is 5. The summed E-state index contributed by atoms with van der Waals surface area (Å²) in [5, 5.41) is 4.21. The third-order valence-electron chi connectivity index (χ3n) is 4.54. The Morgan fingerprint density at radius 3 is 2.27 bits per heavy atom. The van der Waals surface area contributed by atoms with E-state index >= 15 is 0 Å². The van der Waals surface area contributed by atoms with Crippen molar-refractivity contribution >= 4 is 38.1 Å². The van der Waals surface area contributed by atoms with Crippen LogP contribution in [-0.2, 0) is 10.0 Å². The van der Waals surface area contributed by atoms with Gasteiger partial charge in [-0.25, -0.2) is 12.8 Å². The summed E-state index contributed by atoms with van der Waals surface area (Å²) in [6, 6.07) is 23.8. The number of benzene rings is 4. The summed E-state index contributed by atoms with van der Waals surface area (Å²) in [5.41, 5.74) is 1.25. The Morgan fingerprint density at radius 1 is 0.800 bits per heavy atom. The second-order valence-corrected chi connectivity index (χ2v) is 8.30. The van der Waals surface area contributed by atoms with Crippen LogP contribution in [0.15, 0.2) is 95.9 Å². The lowest BCUT2D eigenvalue weighted by molar-refractivity contribution is 0.102. The molecule has 0 saturated heterocycles. The number of sulfonamides is 1. The molecule has 7 heteroatoms. The lowest BCUT2D eigenvalue weighted by atomic mass is 10.1. The van der Waals surface area contributed by atoms with Crippen LogP contribution in [0.1, 0.15) is 10.4 Å². The molecule has 0 bridgehead atoms. The molecule has 1 amide bonds. The molecule has 0 radical (unpaired) electrons. The highest BCUT2D eigenvalue weighted by atomic mass is 32.2. The first kappa shape index (κ1) is 19.6. The van der Waals surface area contributed by atoms with Crippen molar-refractivity contribution in [3.8, 4) is 0 Å². The monoisotopic (exact) mass is 420 g/mol. The minimum Gasteiger partial charge on any atom is -0.321 e. The standard InChI is InChI=1S/C23H17FN2O3S/c24-18-10-12-19(13-11-18)26-30(28,29)20-14-9-16-7-4-8-22(21(16)15-20)25-23(27)17-5-2-1-3-6-17/h1-15,26H,(H,25,27). The first-order valence-electron chi connectivity index (χ1n) is 9.10. The predicted octanol–water partition coefficient (Wildman–Crippen LogP) is 5.03. The molecule has 0 saturated carbocycles. The summed E-state index contributed by atoms with van der Waals surface area (Å²) in [6.45, 7) is 0. The molecule has 0 atom stereocenters. The van der Waals surface area contributed by atoms with Crippen LogP contribution in [0, 0.1) is 5.82 Å². The van der Waals surface area contributed by atoms with Crippen LogP contribution >= 0.6 is 0 Å². The molecule has 0 aliphatic carbocycles. The van der Waals surface area contributed by atoms with Gasteiger partial charge in [0.05, 0.1) is 4.90 Å². The van der Waals surface area contributed by atoms with Crippen molar-refractivity contribution in [2.75, 3.05) is 10.0 Å². The summed E-state index contributed by atoms with van der Waals surface area (Å²) >= 11 is 0. The van der Waals surface area contributed by atoms with Crippen molar-refractivity contribution in [1.82, 2.24) is 0 Å². The molecule has 0 aliphatic rings. The zero-order chi connectivity index (χ0) is 21.1. The smallest absolute Gasteiger partial charge is 0.261 e. The van der Waals surface area contributed by atoms with Crippen LogP contribution in [0.5, 0.6) is 0 Å². The molecule has 4 aromatic rings. The molecule has 150 valence electrons. The number of carbonyl (C=O) groups is 1. The van der Waals surface area contributed by atoms with Gasteiger partial charge in [0, 0.05) is 22.3 Å². The maximum Gasteiger partial charge on any atom is 0.261 e. The maximum atomic E-state index is 13.1. The highest BCUT2D eigenvalue weighted by molar-refractivity contribution is 7.92. The Balaban J connectivity index is 1.68. The first-order chi connectivity index (χ1) is 14.4. The minimum absolute atomic E-state index is 0.0285. The van der Waals surface area contributed by atoms with Gasteiger partial charge in [0.15, 0.2) is 0 Å². The van der Waals surface area contributed by atoms with Gasteiger partial charge in [0.25, 0.3) is 15.9 Å². The Kier molecular flexibility index (Phi) is 5.20. The molecular weight excluding hydrogens is 403 g/mol. The molecule has 0 spiro atoms. The van der Waals surface area contributed by atoms with Gasteiger partial charge in [-0.05, 0) is 60.0 Å². The second-order valence-electron chi connectivity index (χ2n) is 6.62. The zero-order valence-electron chi connectivity index (χ0n) is 15.7. The molecule has 0 fully saturated rings. The average molecular weight is 420 g/mol. The van der Waals surface area contributed by atoms with Gasteiger partial charge in [0.1, 0.15) is 5.82 Å². The predicted molar refractivity (Wildman–Crippen MR) is 116 cm³/mol. The van der Waals surface area contributed by atoms with E-state index in [2.05, 4.69) is 10.0 Å². The number of nitrogens with one attached hydrogen (secondary N) is 2. The molecule has 2 N–H and O–H groups in total. The molecule has 5 nitrogen and oxygen atoms in total. The van der Waals surface area contributed by atoms with Gasteiger partial charge in [-0.1, -0.05) is 36.4 Å². The van der Waals surface area contributed by atoms with Crippen LogP contribution in [0.25, 0.3) is 10.8 Å². The van der Waals surface area contributed by atoms with E-state index in [-0.39, 0.29) is 16.5 Å². The third-order valence-corrected chi connectivity index (χ3v) is 5.92.